The van der Waals surface area contributed by atoms with Crippen molar-refractivity contribution in [3.8, 4) is 46.0 Å². The van der Waals surface area contributed by atoms with Gasteiger partial charge in [-0.3, -0.25) is 0 Å². The van der Waals surface area contributed by atoms with Gasteiger partial charge in [0, 0.05) is 41.1 Å². The van der Waals surface area contributed by atoms with Crippen molar-refractivity contribution in [1.29, 1.82) is 0 Å². The van der Waals surface area contributed by atoms with E-state index in [1.807, 2.05) is 51.4 Å². The zero-order chi connectivity index (χ0) is 26.3. The Balaban J connectivity index is 1.74. The standard InChI is InChI=1S/C29H25FN6O/c1-7-8-21-13-16(2)24(19(5)35-21)27-26(25-18(4)32-15-33-28(25)36(27)6)20-9-10-23(22(30)14-20)37-29-31-12-11-17(3)34-29/h9-15H,1-6H3. The number of rotatable bonds is 4. The highest BCUT2D eigenvalue weighted by atomic mass is 19.1. The summed E-state index contributed by atoms with van der Waals surface area (Å²) in [6.45, 7) is 9.53. The van der Waals surface area contributed by atoms with Gasteiger partial charge in [-0.15, -0.1) is 0 Å². The van der Waals surface area contributed by atoms with E-state index in [-0.39, 0.29) is 11.8 Å². The average molecular weight is 493 g/mol. The molecular weight excluding hydrogens is 467 g/mol. The molecular formula is C29H25FN6O. The van der Waals surface area contributed by atoms with Gasteiger partial charge in [0.15, 0.2) is 11.6 Å². The summed E-state index contributed by atoms with van der Waals surface area (Å²) in [4.78, 5) is 22.0. The molecule has 0 unspecified atom stereocenters. The number of aromatic nitrogens is 6. The Morgan fingerprint density at radius 1 is 0.919 bits per heavy atom. The number of hydrogen-bond acceptors (Lipinski definition) is 6. The van der Waals surface area contributed by atoms with E-state index in [1.54, 1.807) is 31.6 Å². The van der Waals surface area contributed by atoms with Gasteiger partial charge in [-0.2, -0.15) is 0 Å². The minimum atomic E-state index is -0.528. The van der Waals surface area contributed by atoms with E-state index in [9.17, 15) is 0 Å². The quantitative estimate of drug-likeness (QED) is 0.285. The summed E-state index contributed by atoms with van der Waals surface area (Å²) in [6, 6.07) is 8.70. The number of halogens is 1. The summed E-state index contributed by atoms with van der Waals surface area (Å²) < 4.78 is 23.1. The van der Waals surface area contributed by atoms with Gasteiger partial charge in [0.2, 0.25) is 0 Å². The number of benzene rings is 1. The summed E-state index contributed by atoms with van der Waals surface area (Å²) in [6.07, 6.45) is 3.12. The molecule has 0 amide bonds. The van der Waals surface area contributed by atoms with Gasteiger partial charge >= 0.3 is 6.01 Å². The second-order valence-electron chi connectivity index (χ2n) is 8.83. The molecule has 0 saturated heterocycles. The van der Waals surface area contributed by atoms with Gasteiger partial charge in [-0.05, 0) is 75.9 Å². The van der Waals surface area contributed by atoms with Crippen LogP contribution in [0.3, 0.4) is 0 Å². The Hall–Kier alpha value is -4.64. The number of ether oxygens (including phenoxy) is 1. The molecule has 0 atom stereocenters. The summed E-state index contributed by atoms with van der Waals surface area (Å²) in [5.41, 5.74) is 8.16. The van der Waals surface area contributed by atoms with Crippen LogP contribution in [-0.2, 0) is 7.05 Å². The topological polar surface area (TPSA) is 78.6 Å². The third-order valence-corrected chi connectivity index (χ3v) is 6.24. The molecule has 0 N–H and O–H groups in total. The van der Waals surface area contributed by atoms with Crippen molar-refractivity contribution in [3.63, 3.8) is 0 Å². The van der Waals surface area contributed by atoms with Gasteiger partial charge in [-0.1, -0.05) is 12.0 Å². The molecule has 4 aromatic heterocycles. The molecule has 0 saturated carbocycles. The molecule has 0 bridgehead atoms. The summed E-state index contributed by atoms with van der Waals surface area (Å²) in [5, 5.41) is 0.853. The highest BCUT2D eigenvalue weighted by Gasteiger charge is 2.25. The number of aryl methyl sites for hydroxylation is 5. The minimum absolute atomic E-state index is 0.0422. The smallest absolute Gasteiger partial charge is 0.322 e. The first-order valence-corrected chi connectivity index (χ1v) is 11.8. The maximum atomic E-state index is 15.4. The molecule has 0 aliphatic rings. The molecule has 0 aliphatic carbocycles. The number of hydrogen-bond donors (Lipinski definition) is 0. The van der Waals surface area contributed by atoms with Crippen LogP contribution in [0.25, 0.3) is 33.4 Å². The number of nitrogens with zero attached hydrogens (tertiary/aromatic N) is 6. The first kappa shape index (κ1) is 24.1. The molecule has 4 heterocycles. The van der Waals surface area contributed by atoms with E-state index >= 15 is 4.39 Å². The van der Waals surface area contributed by atoms with Gasteiger partial charge in [-0.25, -0.2) is 29.3 Å². The van der Waals surface area contributed by atoms with Crippen LogP contribution in [0.4, 0.5) is 4.39 Å². The molecule has 1 aromatic carbocycles. The molecule has 8 heteroatoms. The third kappa shape index (κ3) is 4.29. The fourth-order valence-corrected chi connectivity index (χ4v) is 4.67. The van der Waals surface area contributed by atoms with E-state index in [0.717, 1.165) is 50.5 Å². The van der Waals surface area contributed by atoms with Crippen molar-refractivity contribution in [1.82, 2.24) is 29.5 Å². The summed E-state index contributed by atoms with van der Waals surface area (Å²) >= 11 is 0. The Labute approximate surface area is 214 Å². The fraction of sp³-hybridized carbons (Fsp3) is 0.207. The lowest BCUT2D eigenvalue weighted by Gasteiger charge is -2.15. The van der Waals surface area contributed by atoms with Crippen LogP contribution in [-0.4, -0.2) is 29.5 Å². The van der Waals surface area contributed by atoms with E-state index in [0.29, 0.717) is 11.3 Å². The molecule has 37 heavy (non-hydrogen) atoms. The normalized spacial score (nSPS) is 10.9. The van der Waals surface area contributed by atoms with Crippen LogP contribution < -0.4 is 4.74 Å². The average Bonchev–Trinajstić information content (AvgIpc) is 3.14. The SMILES string of the molecule is CC#Cc1cc(C)c(-c2c(-c3ccc(Oc4nccc(C)n4)c(F)c3)c3c(C)ncnc3n2C)c(C)n1. The predicted octanol–water partition coefficient (Wildman–Crippen LogP) is 6.02. The maximum Gasteiger partial charge on any atom is 0.322 e. The van der Waals surface area contributed by atoms with Gasteiger partial charge < -0.3 is 9.30 Å². The Morgan fingerprint density at radius 3 is 2.43 bits per heavy atom. The summed E-state index contributed by atoms with van der Waals surface area (Å²) in [7, 11) is 1.95. The van der Waals surface area contributed by atoms with Crippen LogP contribution in [0.15, 0.2) is 42.9 Å². The first-order valence-electron chi connectivity index (χ1n) is 11.8. The number of pyridine rings is 1. The van der Waals surface area contributed by atoms with Crippen LogP contribution in [0.2, 0.25) is 0 Å². The van der Waals surface area contributed by atoms with E-state index in [4.69, 9.17) is 9.72 Å². The van der Waals surface area contributed by atoms with E-state index in [2.05, 4.69) is 31.8 Å². The molecule has 184 valence electrons. The number of fused-ring (bicyclic) bond motifs is 1. The molecule has 5 aromatic rings. The van der Waals surface area contributed by atoms with E-state index < -0.39 is 5.82 Å². The maximum absolute atomic E-state index is 15.4. The highest BCUT2D eigenvalue weighted by Crippen LogP contribution is 2.43. The van der Waals surface area contributed by atoms with Gasteiger partial charge in [0.25, 0.3) is 0 Å². The van der Waals surface area contributed by atoms with Crippen LogP contribution in [0.1, 0.15) is 35.3 Å². The second kappa shape index (κ2) is 9.43. The van der Waals surface area contributed by atoms with Crippen LogP contribution in [0, 0.1) is 45.4 Å². The molecule has 0 spiro atoms. The van der Waals surface area contributed by atoms with Gasteiger partial charge in [0.05, 0.1) is 11.4 Å². The van der Waals surface area contributed by atoms with Crippen molar-refractivity contribution in [2.24, 2.45) is 7.05 Å². The van der Waals surface area contributed by atoms with Crippen molar-refractivity contribution in [3.05, 3.63) is 77.0 Å². The van der Waals surface area contributed by atoms with Crippen molar-refractivity contribution < 1.29 is 9.13 Å². The second-order valence-corrected chi connectivity index (χ2v) is 8.83. The zero-order valence-corrected chi connectivity index (χ0v) is 21.5. The van der Waals surface area contributed by atoms with Crippen molar-refractivity contribution in [2.75, 3.05) is 0 Å². The Bertz CT molecular complexity index is 1720. The van der Waals surface area contributed by atoms with Gasteiger partial charge in [0.1, 0.15) is 17.7 Å². The molecule has 0 radical (unpaired) electrons. The minimum Gasteiger partial charge on any atom is -0.421 e. The Kier molecular flexibility index (Phi) is 6.14. The van der Waals surface area contributed by atoms with Crippen molar-refractivity contribution >= 4 is 11.0 Å². The van der Waals surface area contributed by atoms with E-state index in [1.165, 1.54) is 6.07 Å². The molecule has 7 nitrogen and oxygen atoms in total. The zero-order valence-electron chi connectivity index (χ0n) is 21.5. The highest BCUT2D eigenvalue weighted by molar-refractivity contribution is 6.05. The lowest BCUT2D eigenvalue weighted by atomic mass is 9.94. The largest absolute Gasteiger partial charge is 0.421 e. The predicted molar refractivity (Wildman–Crippen MR) is 141 cm³/mol. The Morgan fingerprint density at radius 2 is 1.73 bits per heavy atom. The van der Waals surface area contributed by atoms with Crippen LogP contribution in [0.5, 0.6) is 11.8 Å². The van der Waals surface area contributed by atoms with Crippen LogP contribution >= 0.6 is 0 Å². The van der Waals surface area contributed by atoms with Crippen molar-refractivity contribution in [2.45, 2.75) is 34.6 Å². The summed E-state index contributed by atoms with van der Waals surface area (Å²) in [5.74, 6) is 5.46. The molecule has 5 rings (SSSR count). The molecule has 0 aliphatic heterocycles. The lowest BCUT2D eigenvalue weighted by molar-refractivity contribution is 0.410. The fourth-order valence-electron chi connectivity index (χ4n) is 4.67. The first-order chi connectivity index (χ1) is 17.8. The monoisotopic (exact) mass is 492 g/mol. The lowest BCUT2D eigenvalue weighted by Crippen LogP contribution is -2.01. The molecule has 0 fully saturated rings. The third-order valence-electron chi connectivity index (χ3n) is 6.24.